The van der Waals surface area contributed by atoms with Gasteiger partial charge in [-0.25, -0.2) is 4.68 Å². The van der Waals surface area contributed by atoms with Gasteiger partial charge in [-0.15, -0.1) is 5.10 Å². The minimum absolute atomic E-state index is 0.0684. The molecule has 1 amide bonds. The van der Waals surface area contributed by atoms with Crippen molar-refractivity contribution >= 4 is 28.9 Å². The third kappa shape index (κ3) is 3.30. The van der Waals surface area contributed by atoms with Crippen molar-refractivity contribution in [2.45, 2.75) is 19.4 Å². The van der Waals surface area contributed by atoms with E-state index in [1.807, 2.05) is 12.1 Å². The van der Waals surface area contributed by atoms with Crippen molar-refractivity contribution in [2.75, 3.05) is 23.3 Å². The van der Waals surface area contributed by atoms with Crippen molar-refractivity contribution < 1.29 is 4.79 Å². The lowest BCUT2D eigenvalue weighted by atomic mass is 10.2. The standard InChI is InChI=1S/C13H15ClN6O/c14-10-3-4-12(19-5-1-2-6-19)11(7-10)16-13(21)8-20-9-15-17-18-20/h3-4,7,9H,1-2,5-6,8H2,(H,16,21). The lowest BCUT2D eigenvalue weighted by molar-refractivity contribution is -0.116. The molecule has 1 aliphatic rings. The van der Waals surface area contributed by atoms with E-state index >= 15 is 0 Å². The summed E-state index contributed by atoms with van der Waals surface area (Å²) in [5, 5.41) is 14.2. The number of rotatable bonds is 4. The molecule has 0 saturated carbocycles. The van der Waals surface area contributed by atoms with Crippen LogP contribution in [0.25, 0.3) is 0 Å². The van der Waals surface area contributed by atoms with Crippen LogP contribution >= 0.6 is 11.6 Å². The molecule has 0 radical (unpaired) electrons. The molecule has 1 aliphatic heterocycles. The molecule has 110 valence electrons. The van der Waals surface area contributed by atoms with Crippen LogP contribution in [-0.4, -0.2) is 39.2 Å². The second-order valence-corrected chi connectivity index (χ2v) is 5.35. The highest BCUT2D eigenvalue weighted by atomic mass is 35.5. The van der Waals surface area contributed by atoms with Gasteiger partial charge >= 0.3 is 0 Å². The topological polar surface area (TPSA) is 75.9 Å². The fourth-order valence-corrected chi connectivity index (χ4v) is 2.60. The van der Waals surface area contributed by atoms with Gasteiger partial charge in [-0.3, -0.25) is 4.79 Å². The second kappa shape index (κ2) is 6.09. The summed E-state index contributed by atoms with van der Waals surface area (Å²) in [4.78, 5) is 14.3. The predicted molar refractivity (Wildman–Crippen MR) is 79.3 cm³/mol. The van der Waals surface area contributed by atoms with Crippen LogP contribution < -0.4 is 10.2 Å². The maximum Gasteiger partial charge on any atom is 0.246 e. The Kier molecular flexibility index (Phi) is 4.01. The summed E-state index contributed by atoms with van der Waals surface area (Å²) in [6.45, 7) is 2.06. The summed E-state index contributed by atoms with van der Waals surface area (Å²) in [5.74, 6) is -0.190. The van der Waals surface area contributed by atoms with Crippen molar-refractivity contribution in [3.8, 4) is 0 Å². The summed E-state index contributed by atoms with van der Waals surface area (Å²) in [5.41, 5.74) is 1.73. The van der Waals surface area contributed by atoms with E-state index in [1.54, 1.807) is 6.07 Å². The van der Waals surface area contributed by atoms with Crippen LogP contribution in [0.15, 0.2) is 24.5 Å². The van der Waals surface area contributed by atoms with E-state index in [0.29, 0.717) is 5.02 Å². The molecule has 1 saturated heterocycles. The molecule has 21 heavy (non-hydrogen) atoms. The largest absolute Gasteiger partial charge is 0.370 e. The number of nitrogens with one attached hydrogen (secondary N) is 1. The average molecular weight is 307 g/mol. The number of nitrogens with zero attached hydrogens (tertiary/aromatic N) is 5. The average Bonchev–Trinajstić information content (AvgIpc) is 3.11. The Labute approximate surface area is 126 Å². The molecule has 0 aliphatic carbocycles. The number of benzene rings is 1. The predicted octanol–water partition coefficient (Wildman–Crippen LogP) is 1.57. The number of anilines is 2. The van der Waals surface area contributed by atoms with Gasteiger partial charge in [-0.2, -0.15) is 0 Å². The Bertz CT molecular complexity index is 624. The zero-order chi connectivity index (χ0) is 14.7. The van der Waals surface area contributed by atoms with Crippen LogP contribution in [0.1, 0.15) is 12.8 Å². The Hall–Kier alpha value is -2.15. The number of carbonyl (C=O) groups is 1. The minimum Gasteiger partial charge on any atom is -0.370 e. The molecular weight excluding hydrogens is 292 g/mol. The summed E-state index contributed by atoms with van der Waals surface area (Å²) in [7, 11) is 0. The number of aromatic nitrogens is 4. The first-order valence-electron chi connectivity index (χ1n) is 6.77. The van der Waals surface area contributed by atoms with E-state index < -0.39 is 0 Å². The van der Waals surface area contributed by atoms with E-state index in [9.17, 15) is 4.79 Å². The molecule has 8 heteroatoms. The molecule has 1 N–H and O–H groups in total. The quantitative estimate of drug-likeness (QED) is 0.928. The van der Waals surface area contributed by atoms with E-state index in [2.05, 4.69) is 25.7 Å². The number of hydrogen-bond acceptors (Lipinski definition) is 5. The van der Waals surface area contributed by atoms with Crippen molar-refractivity contribution in [3.05, 3.63) is 29.5 Å². The minimum atomic E-state index is -0.190. The van der Waals surface area contributed by atoms with Gasteiger partial charge in [0, 0.05) is 18.1 Å². The van der Waals surface area contributed by atoms with Gasteiger partial charge in [0.15, 0.2) is 0 Å². The highest BCUT2D eigenvalue weighted by molar-refractivity contribution is 6.31. The van der Waals surface area contributed by atoms with E-state index in [4.69, 9.17) is 11.6 Å². The normalized spacial score (nSPS) is 14.4. The zero-order valence-electron chi connectivity index (χ0n) is 11.4. The van der Waals surface area contributed by atoms with E-state index in [-0.39, 0.29) is 12.5 Å². The first kappa shape index (κ1) is 13.8. The Morgan fingerprint density at radius 2 is 2.14 bits per heavy atom. The van der Waals surface area contributed by atoms with Gasteiger partial charge in [-0.05, 0) is 41.5 Å². The number of hydrogen-bond donors (Lipinski definition) is 1. The fourth-order valence-electron chi connectivity index (χ4n) is 2.43. The first-order valence-corrected chi connectivity index (χ1v) is 7.15. The molecule has 1 aromatic heterocycles. The molecule has 7 nitrogen and oxygen atoms in total. The van der Waals surface area contributed by atoms with Gasteiger partial charge < -0.3 is 10.2 Å². The Morgan fingerprint density at radius 3 is 2.86 bits per heavy atom. The second-order valence-electron chi connectivity index (χ2n) is 4.91. The Morgan fingerprint density at radius 1 is 1.33 bits per heavy atom. The van der Waals surface area contributed by atoms with Crippen molar-refractivity contribution in [1.82, 2.24) is 20.2 Å². The number of carbonyl (C=O) groups excluding carboxylic acids is 1. The maximum absolute atomic E-state index is 12.1. The highest BCUT2D eigenvalue weighted by Crippen LogP contribution is 2.31. The van der Waals surface area contributed by atoms with Gasteiger partial charge in [0.1, 0.15) is 12.9 Å². The van der Waals surface area contributed by atoms with Gasteiger partial charge in [-0.1, -0.05) is 11.6 Å². The summed E-state index contributed by atoms with van der Waals surface area (Å²) in [6.07, 6.45) is 3.74. The molecule has 2 aromatic rings. The monoisotopic (exact) mass is 306 g/mol. The third-order valence-corrected chi connectivity index (χ3v) is 3.61. The van der Waals surface area contributed by atoms with Crippen molar-refractivity contribution in [3.63, 3.8) is 0 Å². The molecule has 0 unspecified atom stereocenters. The summed E-state index contributed by atoms with van der Waals surface area (Å²) < 4.78 is 1.37. The molecule has 1 aromatic carbocycles. The van der Waals surface area contributed by atoms with Crippen LogP contribution in [0.4, 0.5) is 11.4 Å². The smallest absolute Gasteiger partial charge is 0.246 e. The SMILES string of the molecule is O=C(Cn1cnnn1)Nc1cc(Cl)ccc1N1CCCC1. The van der Waals surface area contributed by atoms with Crippen molar-refractivity contribution in [2.24, 2.45) is 0 Å². The van der Waals surface area contributed by atoms with E-state index in [0.717, 1.165) is 24.5 Å². The Balaban J connectivity index is 1.76. The van der Waals surface area contributed by atoms with Crippen LogP contribution in [0.5, 0.6) is 0 Å². The highest BCUT2D eigenvalue weighted by Gasteiger charge is 2.17. The van der Waals surface area contributed by atoms with Gasteiger partial charge in [0.2, 0.25) is 5.91 Å². The summed E-state index contributed by atoms with van der Waals surface area (Å²) in [6, 6.07) is 5.55. The molecule has 0 bridgehead atoms. The lowest BCUT2D eigenvalue weighted by Crippen LogP contribution is -2.23. The lowest BCUT2D eigenvalue weighted by Gasteiger charge is -2.21. The molecular formula is C13H15ClN6O. The van der Waals surface area contributed by atoms with Crippen LogP contribution in [0.2, 0.25) is 5.02 Å². The van der Waals surface area contributed by atoms with Crippen LogP contribution in [0, 0.1) is 0 Å². The molecule has 0 spiro atoms. The molecule has 3 rings (SSSR count). The molecule has 2 heterocycles. The van der Waals surface area contributed by atoms with Crippen LogP contribution in [0.3, 0.4) is 0 Å². The number of halogens is 1. The van der Waals surface area contributed by atoms with Gasteiger partial charge in [0.05, 0.1) is 11.4 Å². The fraction of sp³-hybridized carbons (Fsp3) is 0.385. The van der Waals surface area contributed by atoms with Crippen molar-refractivity contribution in [1.29, 1.82) is 0 Å². The number of amides is 1. The molecule has 0 atom stereocenters. The maximum atomic E-state index is 12.1. The molecule has 1 fully saturated rings. The van der Waals surface area contributed by atoms with Gasteiger partial charge in [0.25, 0.3) is 0 Å². The summed E-state index contributed by atoms with van der Waals surface area (Å²) >= 11 is 6.04. The third-order valence-electron chi connectivity index (χ3n) is 3.38. The van der Waals surface area contributed by atoms with Crippen LogP contribution in [-0.2, 0) is 11.3 Å². The first-order chi connectivity index (χ1) is 10.2. The zero-order valence-corrected chi connectivity index (χ0v) is 12.1. The van der Waals surface area contributed by atoms with E-state index in [1.165, 1.54) is 23.9 Å². The number of tetrazole rings is 1.